The van der Waals surface area contributed by atoms with E-state index in [9.17, 15) is 19.8 Å². The van der Waals surface area contributed by atoms with Crippen molar-refractivity contribution < 1.29 is 24.5 Å². The zero-order chi connectivity index (χ0) is 57.1. The highest BCUT2D eigenvalue weighted by atomic mass is 16.5. The second-order valence-electron chi connectivity index (χ2n) is 25.3. The number of aliphatic hydroxyl groups is 2. The molecule has 0 bridgehead atoms. The molecule has 6 heteroatoms. The van der Waals surface area contributed by atoms with Gasteiger partial charge >= 0.3 is 5.97 Å². The first-order valence-electron chi connectivity index (χ1n) is 36.4. The molecule has 2 atom stereocenters. The summed E-state index contributed by atoms with van der Waals surface area (Å²) in [7, 11) is 0. The van der Waals surface area contributed by atoms with Gasteiger partial charge in [0.25, 0.3) is 0 Å². The topological polar surface area (TPSA) is 95.9 Å². The molecule has 2 unspecified atom stereocenters. The van der Waals surface area contributed by atoms with E-state index in [0.29, 0.717) is 25.9 Å². The Morgan fingerprint density at radius 2 is 0.595 bits per heavy atom. The van der Waals surface area contributed by atoms with E-state index in [1.54, 1.807) is 0 Å². The molecular weight excluding hydrogens is 971 g/mol. The molecule has 0 aliphatic heterocycles. The van der Waals surface area contributed by atoms with Crippen molar-refractivity contribution in [1.29, 1.82) is 0 Å². The van der Waals surface area contributed by atoms with Crippen molar-refractivity contribution in [2.24, 2.45) is 0 Å². The number of ether oxygens (including phenoxy) is 1. The van der Waals surface area contributed by atoms with Gasteiger partial charge in [-0.15, -0.1) is 0 Å². The van der Waals surface area contributed by atoms with Gasteiger partial charge in [0.1, 0.15) is 0 Å². The fourth-order valence-corrected chi connectivity index (χ4v) is 11.8. The smallest absolute Gasteiger partial charge is 0.305 e. The lowest BCUT2D eigenvalue weighted by atomic mass is 10.0. The fraction of sp³-hybridized carbons (Fsp3) is 0.945. The van der Waals surface area contributed by atoms with Gasteiger partial charge in [-0.05, 0) is 51.4 Å². The predicted octanol–water partition coefficient (Wildman–Crippen LogP) is 23.5. The number of hydrogen-bond acceptors (Lipinski definition) is 5. The summed E-state index contributed by atoms with van der Waals surface area (Å²) in [6.07, 6.45) is 85.6. The van der Waals surface area contributed by atoms with Crippen molar-refractivity contribution in [3.63, 3.8) is 0 Å². The third-order valence-electron chi connectivity index (χ3n) is 17.3. The monoisotopic (exact) mass is 1110 g/mol. The molecule has 0 rings (SSSR count). The Morgan fingerprint density at radius 3 is 0.924 bits per heavy atom. The van der Waals surface area contributed by atoms with Crippen molar-refractivity contribution in [3.8, 4) is 0 Å². The first-order valence-corrected chi connectivity index (χ1v) is 36.4. The van der Waals surface area contributed by atoms with Gasteiger partial charge in [-0.3, -0.25) is 9.59 Å². The van der Waals surface area contributed by atoms with Crippen LogP contribution in [-0.4, -0.2) is 47.4 Å². The van der Waals surface area contributed by atoms with Crippen molar-refractivity contribution in [3.05, 3.63) is 12.2 Å². The van der Waals surface area contributed by atoms with Crippen LogP contribution in [0.3, 0.4) is 0 Å². The molecule has 0 heterocycles. The van der Waals surface area contributed by atoms with Crippen molar-refractivity contribution in [1.82, 2.24) is 5.32 Å². The Kier molecular flexibility index (Phi) is 67.9. The van der Waals surface area contributed by atoms with Gasteiger partial charge in [-0.25, -0.2) is 0 Å². The highest BCUT2D eigenvalue weighted by Crippen LogP contribution is 2.20. The number of hydrogen-bond donors (Lipinski definition) is 3. The van der Waals surface area contributed by atoms with E-state index in [1.165, 1.54) is 340 Å². The molecule has 0 spiro atoms. The van der Waals surface area contributed by atoms with Crippen LogP contribution in [0.25, 0.3) is 0 Å². The van der Waals surface area contributed by atoms with Crippen LogP contribution >= 0.6 is 0 Å². The molecule has 1 amide bonds. The van der Waals surface area contributed by atoms with Crippen molar-refractivity contribution in [2.45, 2.75) is 431 Å². The lowest BCUT2D eigenvalue weighted by Gasteiger charge is -2.22. The molecule has 0 aliphatic carbocycles. The van der Waals surface area contributed by atoms with E-state index in [1.807, 2.05) is 0 Å². The van der Waals surface area contributed by atoms with Gasteiger partial charge in [0.05, 0.1) is 25.4 Å². The summed E-state index contributed by atoms with van der Waals surface area (Å²) in [5.74, 6) is -0.0189. The van der Waals surface area contributed by atoms with Crippen LogP contribution in [0.15, 0.2) is 12.2 Å². The van der Waals surface area contributed by atoms with E-state index in [2.05, 4.69) is 31.3 Å². The van der Waals surface area contributed by atoms with Crippen molar-refractivity contribution in [2.75, 3.05) is 13.2 Å². The van der Waals surface area contributed by atoms with E-state index < -0.39 is 12.1 Å². The van der Waals surface area contributed by atoms with E-state index in [4.69, 9.17) is 4.74 Å². The fourth-order valence-electron chi connectivity index (χ4n) is 11.8. The summed E-state index contributed by atoms with van der Waals surface area (Å²) < 4.78 is 5.48. The zero-order valence-corrected chi connectivity index (χ0v) is 53.9. The summed E-state index contributed by atoms with van der Waals surface area (Å²) >= 11 is 0. The molecule has 3 N–H and O–H groups in total. The summed E-state index contributed by atoms with van der Waals surface area (Å²) in [6, 6.07) is -0.540. The summed E-state index contributed by atoms with van der Waals surface area (Å²) in [4.78, 5) is 24.6. The second kappa shape index (κ2) is 69.1. The molecule has 6 nitrogen and oxygen atoms in total. The molecule has 0 aliphatic rings. The Balaban J connectivity index is 3.36. The summed E-state index contributed by atoms with van der Waals surface area (Å²) in [5, 5.41) is 23.5. The first kappa shape index (κ1) is 77.6. The normalized spacial score (nSPS) is 12.5. The quantitative estimate of drug-likeness (QED) is 0.0320. The average molecular weight is 1110 g/mol. The van der Waals surface area contributed by atoms with E-state index >= 15 is 0 Å². The minimum absolute atomic E-state index is 0.00828. The Hall–Kier alpha value is -1.40. The third-order valence-corrected chi connectivity index (χ3v) is 17.3. The molecule has 0 fully saturated rings. The number of carbonyl (C=O) groups is 2. The number of carbonyl (C=O) groups excluding carboxylic acids is 2. The number of rotatable bonds is 69. The van der Waals surface area contributed by atoms with Crippen LogP contribution in [0.4, 0.5) is 0 Å². The maximum Gasteiger partial charge on any atom is 0.305 e. The second-order valence-corrected chi connectivity index (χ2v) is 25.3. The first-order chi connectivity index (χ1) is 39.0. The zero-order valence-electron chi connectivity index (χ0n) is 53.9. The minimum atomic E-state index is -0.664. The van der Waals surface area contributed by atoms with Crippen LogP contribution in [0.5, 0.6) is 0 Å². The van der Waals surface area contributed by atoms with E-state index in [0.717, 1.165) is 44.9 Å². The van der Waals surface area contributed by atoms with Gasteiger partial charge in [0.15, 0.2) is 0 Å². The molecule has 79 heavy (non-hydrogen) atoms. The van der Waals surface area contributed by atoms with Crippen LogP contribution in [0.2, 0.25) is 0 Å². The maximum absolute atomic E-state index is 12.6. The number of esters is 1. The number of unbranched alkanes of at least 4 members (excludes halogenated alkanes) is 56. The third kappa shape index (κ3) is 65.6. The standard InChI is InChI=1S/C73H143NO5/c1-3-5-7-9-11-13-15-17-18-19-20-21-22-27-30-33-36-39-42-45-49-53-57-61-65-71(76)70(69-75)74-72(77)66-62-58-54-50-46-43-40-37-34-31-28-25-23-24-26-29-32-35-38-41-44-48-52-56-60-64-68-79-73(78)67-63-59-55-51-47-16-14-12-10-8-6-4-2/h12,14,70-71,75-76H,3-11,13,15-69H2,1-2H3,(H,74,77)/b14-12-. The molecule has 0 aromatic carbocycles. The molecule has 0 radical (unpaired) electrons. The SMILES string of the molecule is CCCCC/C=C\CCCCCCCC(=O)OCCCCCCCCCCCCCCCCCCCCCCCCCCCCC(=O)NC(CO)C(O)CCCCCCCCCCCCCCCCCCCCCCCCCC. The Morgan fingerprint density at radius 1 is 0.342 bits per heavy atom. The number of allylic oxidation sites excluding steroid dienone is 2. The molecular formula is C73H143NO5. The van der Waals surface area contributed by atoms with Crippen LogP contribution in [-0.2, 0) is 14.3 Å². The highest BCUT2D eigenvalue weighted by molar-refractivity contribution is 5.76. The highest BCUT2D eigenvalue weighted by Gasteiger charge is 2.20. The molecule has 0 aromatic rings. The predicted molar refractivity (Wildman–Crippen MR) is 347 cm³/mol. The van der Waals surface area contributed by atoms with Crippen LogP contribution < -0.4 is 5.32 Å². The lowest BCUT2D eigenvalue weighted by Crippen LogP contribution is -2.45. The van der Waals surface area contributed by atoms with Gasteiger partial charge in [-0.1, -0.05) is 366 Å². The molecule has 470 valence electrons. The van der Waals surface area contributed by atoms with Gasteiger partial charge in [0, 0.05) is 12.8 Å². The van der Waals surface area contributed by atoms with Crippen LogP contribution in [0, 0.1) is 0 Å². The van der Waals surface area contributed by atoms with Gasteiger partial charge in [0.2, 0.25) is 5.91 Å². The number of amides is 1. The summed E-state index contributed by atoms with van der Waals surface area (Å²) in [5.41, 5.74) is 0. The van der Waals surface area contributed by atoms with Gasteiger partial charge < -0.3 is 20.3 Å². The number of nitrogens with one attached hydrogen (secondary N) is 1. The van der Waals surface area contributed by atoms with E-state index in [-0.39, 0.29) is 18.5 Å². The Labute approximate surface area is 495 Å². The molecule has 0 aromatic heterocycles. The van der Waals surface area contributed by atoms with Crippen LogP contribution in [0.1, 0.15) is 418 Å². The summed E-state index contributed by atoms with van der Waals surface area (Å²) in [6.45, 7) is 4.97. The van der Waals surface area contributed by atoms with Crippen molar-refractivity contribution >= 4 is 11.9 Å². The molecule has 0 saturated heterocycles. The van der Waals surface area contributed by atoms with Gasteiger partial charge in [-0.2, -0.15) is 0 Å². The number of aliphatic hydroxyl groups excluding tert-OH is 2. The Bertz CT molecular complexity index is 1190. The lowest BCUT2D eigenvalue weighted by molar-refractivity contribution is -0.143. The largest absolute Gasteiger partial charge is 0.466 e. The average Bonchev–Trinajstić information content (AvgIpc) is 3.45. The minimum Gasteiger partial charge on any atom is -0.466 e. The maximum atomic E-state index is 12.6. The molecule has 0 saturated carbocycles.